The van der Waals surface area contributed by atoms with Gasteiger partial charge in [0.1, 0.15) is 5.75 Å². The van der Waals surface area contributed by atoms with Crippen molar-refractivity contribution in [2.24, 2.45) is 0 Å². The van der Waals surface area contributed by atoms with E-state index in [4.69, 9.17) is 4.74 Å². The summed E-state index contributed by atoms with van der Waals surface area (Å²) in [5.74, 6) is 0.306. The van der Waals surface area contributed by atoms with E-state index in [1.54, 1.807) is 43.3 Å². The van der Waals surface area contributed by atoms with Crippen LogP contribution in [0.5, 0.6) is 5.75 Å². The largest absolute Gasteiger partial charge is 0.495 e. The number of ether oxygens (including phenoxy) is 1. The number of sulfonamides is 1. The summed E-state index contributed by atoms with van der Waals surface area (Å²) < 4.78 is 34.1. The van der Waals surface area contributed by atoms with Crippen LogP contribution >= 0.6 is 0 Å². The minimum Gasteiger partial charge on any atom is -0.495 e. The van der Waals surface area contributed by atoms with Crippen LogP contribution in [0.25, 0.3) is 0 Å². The van der Waals surface area contributed by atoms with Crippen LogP contribution in [0.4, 0.5) is 11.4 Å². The highest BCUT2D eigenvalue weighted by Crippen LogP contribution is 2.49. The van der Waals surface area contributed by atoms with Gasteiger partial charge in [-0.1, -0.05) is 48.0 Å². The molecule has 0 atom stereocenters. The molecule has 0 aromatic heterocycles. The second kappa shape index (κ2) is 8.31. The molecule has 0 radical (unpaired) electrons. The van der Waals surface area contributed by atoms with Gasteiger partial charge < -0.3 is 10.1 Å². The number of carbonyl (C=O) groups is 1. The van der Waals surface area contributed by atoms with Crippen LogP contribution in [0.15, 0.2) is 71.6 Å². The molecule has 0 heterocycles. The van der Waals surface area contributed by atoms with Gasteiger partial charge in [-0.2, -0.15) is 0 Å². The Kier molecular flexibility index (Phi) is 5.69. The van der Waals surface area contributed by atoms with Crippen LogP contribution in [0.2, 0.25) is 0 Å². The molecule has 0 spiro atoms. The van der Waals surface area contributed by atoms with Crippen LogP contribution in [-0.4, -0.2) is 21.4 Å². The summed E-state index contributed by atoms with van der Waals surface area (Å²) in [6.45, 7) is 3.72. The summed E-state index contributed by atoms with van der Waals surface area (Å²) in [5.41, 5.74) is 2.91. The Labute approximate surface area is 188 Å². The number of hydrogen-bond acceptors (Lipinski definition) is 4. The SMILES string of the molecule is COc1ccccc1NS(=O)(=O)c1cc(NC(=O)C2(c3cccc(C)c3)CC2)ccc1C. The minimum absolute atomic E-state index is 0.0987. The van der Waals surface area contributed by atoms with Gasteiger partial charge in [-0.05, 0) is 62.1 Å². The van der Waals surface area contributed by atoms with Gasteiger partial charge in [0.2, 0.25) is 5.91 Å². The lowest BCUT2D eigenvalue weighted by Gasteiger charge is -2.18. The number of hydrogen-bond donors (Lipinski definition) is 2. The Bertz CT molecular complexity index is 1280. The van der Waals surface area contributed by atoms with E-state index in [-0.39, 0.29) is 10.8 Å². The van der Waals surface area contributed by atoms with Crippen molar-refractivity contribution >= 4 is 27.3 Å². The van der Waals surface area contributed by atoms with Crippen molar-refractivity contribution < 1.29 is 17.9 Å². The van der Waals surface area contributed by atoms with Gasteiger partial charge in [0.15, 0.2) is 0 Å². The molecule has 1 saturated carbocycles. The lowest BCUT2D eigenvalue weighted by molar-refractivity contribution is -0.118. The lowest BCUT2D eigenvalue weighted by Crippen LogP contribution is -2.28. The number of amides is 1. The lowest BCUT2D eigenvalue weighted by atomic mass is 9.93. The van der Waals surface area contributed by atoms with E-state index in [2.05, 4.69) is 10.0 Å². The molecule has 7 heteroatoms. The number of aryl methyl sites for hydroxylation is 2. The van der Waals surface area contributed by atoms with E-state index in [9.17, 15) is 13.2 Å². The van der Waals surface area contributed by atoms with E-state index in [1.165, 1.54) is 13.2 Å². The van der Waals surface area contributed by atoms with Crippen LogP contribution in [-0.2, 0) is 20.2 Å². The van der Waals surface area contributed by atoms with E-state index in [0.29, 0.717) is 22.7 Å². The first-order valence-corrected chi connectivity index (χ1v) is 11.9. The summed E-state index contributed by atoms with van der Waals surface area (Å²) in [7, 11) is -2.41. The summed E-state index contributed by atoms with van der Waals surface area (Å²) in [5, 5.41) is 2.93. The van der Waals surface area contributed by atoms with Gasteiger partial charge in [0, 0.05) is 5.69 Å². The fourth-order valence-electron chi connectivity index (χ4n) is 3.86. The average Bonchev–Trinajstić information content (AvgIpc) is 3.57. The molecule has 3 aromatic carbocycles. The van der Waals surface area contributed by atoms with Crippen LogP contribution in [0.1, 0.15) is 29.5 Å². The second-order valence-corrected chi connectivity index (χ2v) is 9.84. The van der Waals surface area contributed by atoms with Crippen LogP contribution in [0.3, 0.4) is 0 Å². The summed E-state index contributed by atoms with van der Waals surface area (Å²) in [4.78, 5) is 13.2. The number of para-hydroxylation sites is 2. The molecule has 1 aliphatic carbocycles. The predicted molar refractivity (Wildman–Crippen MR) is 126 cm³/mol. The maximum Gasteiger partial charge on any atom is 0.262 e. The highest BCUT2D eigenvalue weighted by molar-refractivity contribution is 7.92. The maximum atomic E-state index is 13.1. The predicted octanol–water partition coefficient (Wildman–Crippen LogP) is 4.78. The first kappa shape index (κ1) is 21.9. The van der Waals surface area contributed by atoms with Crippen LogP contribution < -0.4 is 14.8 Å². The highest BCUT2D eigenvalue weighted by Gasteiger charge is 2.51. The smallest absolute Gasteiger partial charge is 0.262 e. The van der Waals surface area contributed by atoms with Gasteiger partial charge in [0.05, 0.1) is 23.1 Å². The van der Waals surface area contributed by atoms with Gasteiger partial charge >= 0.3 is 0 Å². The molecule has 4 rings (SSSR count). The van der Waals surface area contributed by atoms with Gasteiger partial charge in [-0.15, -0.1) is 0 Å². The number of carbonyl (C=O) groups excluding carboxylic acids is 1. The first-order valence-electron chi connectivity index (χ1n) is 10.4. The monoisotopic (exact) mass is 450 g/mol. The third kappa shape index (κ3) is 4.21. The zero-order valence-corrected chi connectivity index (χ0v) is 19.1. The first-order chi connectivity index (χ1) is 15.2. The highest BCUT2D eigenvalue weighted by atomic mass is 32.2. The molecule has 32 heavy (non-hydrogen) atoms. The molecular weight excluding hydrogens is 424 g/mol. The molecule has 1 aliphatic rings. The molecule has 166 valence electrons. The van der Waals surface area contributed by atoms with Gasteiger partial charge in [-0.3, -0.25) is 9.52 Å². The maximum absolute atomic E-state index is 13.1. The van der Waals surface area contributed by atoms with Gasteiger partial charge in [0.25, 0.3) is 10.0 Å². The number of nitrogens with one attached hydrogen (secondary N) is 2. The molecule has 0 bridgehead atoms. The molecule has 1 amide bonds. The fraction of sp³-hybridized carbons (Fsp3) is 0.240. The standard InChI is InChI=1S/C25H26N2O4S/c1-17-7-6-8-19(15-17)25(13-14-25)24(28)26-20-12-11-18(2)23(16-20)32(29,30)27-21-9-4-5-10-22(21)31-3/h4-12,15-16,27H,13-14H2,1-3H3,(H,26,28). The zero-order valence-electron chi connectivity index (χ0n) is 18.3. The number of anilines is 2. The Balaban J connectivity index is 1.60. The summed E-state index contributed by atoms with van der Waals surface area (Å²) in [6, 6.07) is 19.7. The van der Waals surface area contributed by atoms with Crippen molar-refractivity contribution in [1.82, 2.24) is 0 Å². The summed E-state index contributed by atoms with van der Waals surface area (Å²) >= 11 is 0. The number of benzene rings is 3. The molecule has 3 aromatic rings. The van der Waals surface area contributed by atoms with Crippen molar-refractivity contribution in [3.05, 3.63) is 83.4 Å². The average molecular weight is 451 g/mol. The molecule has 2 N–H and O–H groups in total. The molecule has 0 saturated heterocycles. The van der Waals surface area contributed by atoms with Crippen LogP contribution in [0, 0.1) is 13.8 Å². The topological polar surface area (TPSA) is 84.5 Å². The number of methoxy groups -OCH3 is 1. The van der Waals surface area contributed by atoms with Crippen molar-refractivity contribution in [1.29, 1.82) is 0 Å². The minimum atomic E-state index is -3.89. The van der Waals surface area contributed by atoms with E-state index >= 15 is 0 Å². The molecule has 0 unspecified atom stereocenters. The van der Waals surface area contributed by atoms with Crippen molar-refractivity contribution in [2.45, 2.75) is 37.0 Å². The normalized spacial score (nSPS) is 14.5. The fourth-order valence-corrected chi connectivity index (χ4v) is 5.20. The van der Waals surface area contributed by atoms with Crippen molar-refractivity contribution in [2.75, 3.05) is 17.1 Å². The zero-order chi connectivity index (χ0) is 22.9. The second-order valence-electron chi connectivity index (χ2n) is 8.19. The molecule has 0 aliphatic heterocycles. The van der Waals surface area contributed by atoms with Crippen molar-refractivity contribution in [3.63, 3.8) is 0 Å². The quantitative estimate of drug-likeness (QED) is 0.542. The Morgan fingerprint density at radius 1 is 0.969 bits per heavy atom. The van der Waals surface area contributed by atoms with E-state index in [1.807, 2.05) is 31.2 Å². The Morgan fingerprint density at radius 3 is 2.41 bits per heavy atom. The Hall–Kier alpha value is -3.32. The Morgan fingerprint density at radius 2 is 1.72 bits per heavy atom. The molecule has 6 nitrogen and oxygen atoms in total. The molecular formula is C25H26N2O4S. The van der Waals surface area contributed by atoms with Crippen molar-refractivity contribution in [3.8, 4) is 5.75 Å². The summed E-state index contributed by atoms with van der Waals surface area (Å²) in [6.07, 6.45) is 1.54. The van der Waals surface area contributed by atoms with E-state index in [0.717, 1.165) is 24.0 Å². The van der Waals surface area contributed by atoms with E-state index < -0.39 is 15.4 Å². The third-order valence-electron chi connectivity index (χ3n) is 5.84. The number of rotatable bonds is 7. The molecule has 1 fully saturated rings. The third-order valence-corrected chi connectivity index (χ3v) is 7.35. The van der Waals surface area contributed by atoms with Gasteiger partial charge in [-0.25, -0.2) is 8.42 Å².